The summed E-state index contributed by atoms with van der Waals surface area (Å²) < 4.78 is 5.03. The molecular formula is C13H28N4O. The minimum Gasteiger partial charge on any atom is -0.385 e. The molecule has 0 radical (unpaired) electrons. The number of ether oxygens (including phenoxy) is 1. The van der Waals surface area contributed by atoms with E-state index in [0.29, 0.717) is 6.04 Å². The Bertz CT molecular complexity index is 245. The predicted octanol–water partition coefficient (Wildman–Crippen LogP) is 0.672. The molecule has 1 aliphatic heterocycles. The Morgan fingerprint density at radius 2 is 2.28 bits per heavy atom. The second-order valence-corrected chi connectivity index (χ2v) is 4.77. The zero-order valence-corrected chi connectivity index (χ0v) is 12.0. The largest absolute Gasteiger partial charge is 0.385 e. The predicted molar refractivity (Wildman–Crippen MR) is 76.1 cm³/mol. The van der Waals surface area contributed by atoms with Crippen molar-refractivity contribution in [3.8, 4) is 0 Å². The summed E-state index contributed by atoms with van der Waals surface area (Å²) in [6, 6.07) is 0.611. The molecule has 1 atom stereocenters. The third kappa shape index (κ3) is 5.69. The van der Waals surface area contributed by atoms with Crippen LogP contribution in [0.15, 0.2) is 4.99 Å². The van der Waals surface area contributed by atoms with Crippen LogP contribution >= 0.6 is 0 Å². The SMILES string of the molecule is CCNC(=NCC1CCCN1C)NCCCOC. The molecule has 5 nitrogen and oxygen atoms in total. The van der Waals surface area contributed by atoms with Crippen LogP contribution in [0.4, 0.5) is 0 Å². The van der Waals surface area contributed by atoms with E-state index >= 15 is 0 Å². The number of nitrogens with one attached hydrogen (secondary N) is 2. The number of likely N-dealkylation sites (N-methyl/N-ethyl adjacent to an activating group) is 1. The van der Waals surface area contributed by atoms with E-state index in [9.17, 15) is 0 Å². The van der Waals surface area contributed by atoms with Crippen LogP contribution in [-0.2, 0) is 4.74 Å². The maximum Gasteiger partial charge on any atom is 0.191 e. The van der Waals surface area contributed by atoms with Gasteiger partial charge in [0, 0.05) is 32.8 Å². The summed E-state index contributed by atoms with van der Waals surface area (Å²) in [6.07, 6.45) is 3.57. The van der Waals surface area contributed by atoms with Gasteiger partial charge in [-0.15, -0.1) is 0 Å². The second-order valence-electron chi connectivity index (χ2n) is 4.77. The van der Waals surface area contributed by atoms with Crippen molar-refractivity contribution < 1.29 is 4.74 Å². The van der Waals surface area contributed by atoms with Crippen molar-refractivity contribution in [2.24, 2.45) is 4.99 Å². The number of nitrogens with zero attached hydrogens (tertiary/aromatic N) is 2. The molecule has 0 saturated carbocycles. The molecule has 1 aliphatic rings. The van der Waals surface area contributed by atoms with Crippen LogP contribution in [0.25, 0.3) is 0 Å². The monoisotopic (exact) mass is 256 g/mol. The molecule has 1 fully saturated rings. The van der Waals surface area contributed by atoms with Crippen LogP contribution in [-0.4, -0.2) is 63.8 Å². The van der Waals surface area contributed by atoms with Crippen LogP contribution in [0, 0.1) is 0 Å². The molecule has 0 aromatic rings. The summed E-state index contributed by atoms with van der Waals surface area (Å²) >= 11 is 0. The van der Waals surface area contributed by atoms with Gasteiger partial charge in [-0.3, -0.25) is 4.99 Å². The summed E-state index contributed by atoms with van der Waals surface area (Å²) in [5.74, 6) is 0.925. The number of likely N-dealkylation sites (tertiary alicyclic amines) is 1. The fraction of sp³-hybridized carbons (Fsp3) is 0.923. The van der Waals surface area contributed by atoms with Crippen molar-refractivity contribution in [2.75, 3.05) is 46.9 Å². The lowest BCUT2D eigenvalue weighted by Crippen LogP contribution is -2.39. The molecule has 1 heterocycles. The first-order chi connectivity index (χ1) is 8.77. The topological polar surface area (TPSA) is 48.9 Å². The third-order valence-corrected chi connectivity index (χ3v) is 3.29. The lowest BCUT2D eigenvalue weighted by Gasteiger charge is -2.18. The van der Waals surface area contributed by atoms with Crippen molar-refractivity contribution in [1.82, 2.24) is 15.5 Å². The highest BCUT2D eigenvalue weighted by atomic mass is 16.5. The van der Waals surface area contributed by atoms with E-state index in [2.05, 4.69) is 34.5 Å². The smallest absolute Gasteiger partial charge is 0.191 e. The third-order valence-electron chi connectivity index (χ3n) is 3.29. The minimum atomic E-state index is 0.611. The van der Waals surface area contributed by atoms with Gasteiger partial charge in [-0.05, 0) is 39.8 Å². The molecule has 0 aromatic heterocycles. The number of rotatable bonds is 7. The Hall–Kier alpha value is -0.810. The number of methoxy groups -OCH3 is 1. The van der Waals surface area contributed by atoms with Crippen LogP contribution in [0.2, 0.25) is 0 Å². The van der Waals surface area contributed by atoms with Gasteiger partial charge in [-0.25, -0.2) is 0 Å². The van der Waals surface area contributed by atoms with E-state index in [0.717, 1.165) is 38.6 Å². The molecule has 5 heteroatoms. The molecule has 0 aromatic carbocycles. The van der Waals surface area contributed by atoms with Gasteiger partial charge in [0.25, 0.3) is 0 Å². The number of aliphatic imine (C=N–C) groups is 1. The first kappa shape index (κ1) is 15.2. The van der Waals surface area contributed by atoms with Gasteiger partial charge < -0.3 is 20.3 Å². The Balaban J connectivity index is 2.29. The van der Waals surface area contributed by atoms with Crippen LogP contribution in [0.1, 0.15) is 26.2 Å². The molecule has 1 unspecified atom stereocenters. The molecule has 0 amide bonds. The molecule has 106 valence electrons. The standard InChI is InChI=1S/C13H28N4O/c1-4-14-13(15-8-6-10-18-3)16-11-12-7-5-9-17(12)2/h12H,4-11H2,1-3H3,(H2,14,15,16). The Kier molecular flexibility index (Phi) is 7.76. The summed E-state index contributed by atoms with van der Waals surface area (Å²) in [6.45, 7) is 6.77. The number of hydrogen-bond acceptors (Lipinski definition) is 3. The molecule has 0 spiro atoms. The van der Waals surface area contributed by atoms with Crippen molar-refractivity contribution in [3.05, 3.63) is 0 Å². The summed E-state index contributed by atoms with van der Waals surface area (Å²) in [7, 11) is 3.92. The van der Waals surface area contributed by atoms with Gasteiger partial charge in [0.2, 0.25) is 0 Å². The van der Waals surface area contributed by atoms with Gasteiger partial charge in [0.1, 0.15) is 0 Å². The number of hydrogen-bond donors (Lipinski definition) is 2. The first-order valence-corrected chi connectivity index (χ1v) is 6.99. The van der Waals surface area contributed by atoms with Crippen molar-refractivity contribution in [2.45, 2.75) is 32.2 Å². The van der Waals surface area contributed by atoms with Crippen molar-refractivity contribution >= 4 is 5.96 Å². The Morgan fingerprint density at radius 1 is 1.44 bits per heavy atom. The highest BCUT2D eigenvalue weighted by molar-refractivity contribution is 5.79. The molecule has 2 N–H and O–H groups in total. The minimum absolute atomic E-state index is 0.611. The zero-order chi connectivity index (χ0) is 13.2. The lowest BCUT2D eigenvalue weighted by molar-refractivity contribution is 0.195. The van der Waals surface area contributed by atoms with Gasteiger partial charge in [-0.1, -0.05) is 0 Å². The normalized spacial score (nSPS) is 21.3. The Labute approximate surface area is 111 Å². The quantitative estimate of drug-likeness (QED) is 0.399. The van der Waals surface area contributed by atoms with Crippen molar-refractivity contribution in [1.29, 1.82) is 0 Å². The zero-order valence-electron chi connectivity index (χ0n) is 12.0. The molecule has 0 bridgehead atoms. The van der Waals surface area contributed by atoms with Gasteiger partial charge in [-0.2, -0.15) is 0 Å². The summed E-state index contributed by atoms with van der Waals surface area (Å²) in [5.41, 5.74) is 0. The van der Waals surface area contributed by atoms with E-state index in [4.69, 9.17) is 4.74 Å². The average molecular weight is 256 g/mol. The fourth-order valence-electron chi connectivity index (χ4n) is 2.17. The van der Waals surface area contributed by atoms with Crippen LogP contribution < -0.4 is 10.6 Å². The fourth-order valence-corrected chi connectivity index (χ4v) is 2.17. The van der Waals surface area contributed by atoms with E-state index in [1.165, 1.54) is 19.4 Å². The maximum atomic E-state index is 5.03. The molecular weight excluding hydrogens is 228 g/mol. The van der Waals surface area contributed by atoms with Gasteiger partial charge in [0.05, 0.1) is 6.54 Å². The molecule has 0 aliphatic carbocycles. The van der Waals surface area contributed by atoms with Crippen LogP contribution in [0.3, 0.4) is 0 Å². The summed E-state index contributed by atoms with van der Waals surface area (Å²) in [5, 5.41) is 6.61. The lowest BCUT2D eigenvalue weighted by atomic mass is 10.2. The maximum absolute atomic E-state index is 5.03. The van der Waals surface area contributed by atoms with E-state index in [1.807, 2.05) is 0 Å². The van der Waals surface area contributed by atoms with E-state index in [-0.39, 0.29) is 0 Å². The highest BCUT2D eigenvalue weighted by Crippen LogP contribution is 2.14. The van der Waals surface area contributed by atoms with Crippen molar-refractivity contribution in [3.63, 3.8) is 0 Å². The highest BCUT2D eigenvalue weighted by Gasteiger charge is 2.20. The molecule has 1 rings (SSSR count). The van der Waals surface area contributed by atoms with E-state index in [1.54, 1.807) is 7.11 Å². The average Bonchev–Trinajstić information content (AvgIpc) is 2.77. The van der Waals surface area contributed by atoms with Crippen LogP contribution in [0.5, 0.6) is 0 Å². The summed E-state index contributed by atoms with van der Waals surface area (Å²) in [4.78, 5) is 7.06. The number of guanidine groups is 1. The second kappa shape index (κ2) is 9.16. The van der Waals surface area contributed by atoms with Gasteiger partial charge in [0.15, 0.2) is 5.96 Å². The Morgan fingerprint density at radius 3 is 2.89 bits per heavy atom. The van der Waals surface area contributed by atoms with E-state index < -0.39 is 0 Å². The first-order valence-electron chi connectivity index (χ1n) is 6.99. The van der Waals surface area contributed by atoms with Gasteiger partial charge >= 0.3 is 0 Å². The molecule has 1 saturated heterocycles. The molecule has 18 heavy (non-hydrogen) atoms.